The minimum absolute atomic E-state index is 0.243. The Balaban J connectivity index is 2.03. The molecule has 1 aromatic carbocycles. The van der Waals surface area contributed by atoms with Gasteiger partial charge in [0.1, 0.15) is 5.75 Å². The number of ether oxygens (including phenoxy) is 1. The third-order valence-electron chi connectivity index (χ3n) is 4.43. The van der Waals surface area contributed by atoms with Crippen LogP contribution in [0.5, 0.6) is 5.75 Å². The Morgan fingerprint density at radius 2 is 2.17 bits per heavy atom. The molecule has 1 aliphatic heterocycles. The SMILES string of the molecule is COc1ccc2c(C(NC(=O)O)C3CCNCC3)nccc2c1. The minimum atomic E-state index is -1.01. The van der Waals surface area contributed by atoms with Gasteiger partial charge in [-0.05, 0) is 61.5 Å². The van der Waals surface area contributed by atoms with Gasteiger partial charge in [-0.1, -0.05) is 0 Å². The van der Waals surface area contributed by atoms with Gasteiger partial charge in [-0.15, -0.1) is 0 Å². The second-order valence-electron chi connectivity index (χ2n) is 5.80. The molecule has 2 aromatic rings. The average Bonchev–Trinajstić information content (AvgIpc) is 2.59. The molecule has 1 aromatic heterocycles. The van der Waals surface area contributed by atoms with E-state index in [0.717, 1.165) is 48.1 Å². The first kappa shape index (κ1) is 15.6. The molecule has 1 saturated heterocycles. The van der Waals surface area contributed by atoms with Gasteiger partial charge < -0.3 is 20.5 Å². The summed E-state index contributed by atoms with van der Waals surface area (Å²) in [6, 6.07) is 7.40. The fourth-order valence-corrected chi connectivity index (χ4v) is 3.27. The Kier molecular flexibility index (Phi) is 4.62. The monoisotopic (exact) mass is 315 g/mol. The van der Waals surface area contributed by atoms with Crippen molar-refractivity contribution in [2.75, 3.05) is 20.2 Å². The van der Waals surface area contributed by atoms with Crippen molar-refractivity contribution < 1.29 is 14.6 Å². The number of piperidine rings is 1. The number of amides is 1. The molecule has 1 fully saturated rings. The maximum Gasteiger partial charge on any atom is 0.405 e. The third-order valence-corrected chi connectivity index (χ3v) is 4.43. The molecule has 3 rings (SSSR count). The first-order chi connectivity index (χ1) is 11.2. The molecular weight excluding hydrogens is 294 g/mol. The van der Waals surface area contributed by atoms with Crippen LogP contribution >= 0.6 is 0 Å². The maximum atomic E-state index is 11.3. The number of nitrogens with one attached hydrogen (secondary N) is 2. The number of carbonyl (C=O) groups is 1. The summed E-state index contributed by atoms with van der Waals surface area (Å²) < 4.78 is 5.27. The lowest BCUT2D eigenvalue weighted by Gasteiger charge is -2.30. The molecule has 1 unspecified atom stereocenters. The van der Waals surface area contributed by atoms with Gasteiger partial charge in [0.25, 0.3) is 0 Å². The molecule has 23 heavy (non-hydrogen) atoms. The number of pyridine rings is 1. The highest BCUT2D eigenvalue weighted by Crippen LogP contribution is 2.33. The van der Waals surface area contributed by atoms with E-state index in [-0.39, 0.29) is 12.0 Å². The molecule has 3 N–H and O–H groups in total. The second kappa shape index (κ2) is 6.83. The highest BCUT2D eigenvalue weighted by atomic mass is 16.5. The first-order valence-electron chi connectivity index (χ1n) is 7.82. The van der Waals surface area contributed by atoms with Crippen molar-refractivity contribution in [3.63, 3.8) is 0 Å². The Hall–Kier alpha value is -2.34. The van der Waals surface area contributed by atoms with Crippen LogP contribution in [0.15, 0.2) is 30.5 Å². The topological polar surface area (TPSA) is 83.5 Å². The van der Waals surface area contributed by atoms with E-state index in [1.165, 1.54) is 0 Å². The fourth-order valence-electron chi connectivity index (χ4n) is 3.27. The maximum absolute atomic E-state index is 11.3. The van der Waals surface area contributed by atoms with Gasteiger partial charge in [0.05, 0.1) is 18.8 Å². The molecule has 0 spiro atoms. The van der Waals surface area contributed by atoms with Crippen LogP contribution < -0.4 is 15.4 Å². The van der Waals surface area contributed by atoms with Crippen LogP contribution in [0.2, 0.25) is 0 Å². The lowest BCUT2D eigenvalue weighted by atomic mass is 9.86. The van der Waals surface area contributed by atoms with E-state index in [9.17, 15) is 9.90 Å². The zero-order valence-electron chi connectivity index (χ0n) is 13.1. The molecule has 0 radical (unpaired) electrons. The molecule has 0 bridgehead atoms. The molecule has 6 nitrogen and oxygen atoms in total. The van der Waals surface area contributed by atoms with Gasteiger partial charge >= 0.3 is 6.09 Å². The highest BCUT2D eigenvalue weighted by Gasteiger charge is 2.28. The standard InChI is InChI=1S/C17H21N3O3/c1-23-13-2-3-14-12(10-13)6-9-19-16(14)15(20-17(21)22)11-4-7-18-8-5-11/h2-3,6,9-11,15,18,20H,4-5,7-8H2,1H3,(H,21,22). The van der Waals surface area contributed by atoms with Crippen molar-refractivity contribution in [1.82, 2.24) is 15.6 Å². The Morgan fingerprint density at radius 1 is 1.39 bits per heavy atom. The van der Waals surface area contributed by atoms with Crippen molar-refractivity contribution in [3.05, 3.63) is 36.2 Å². The van der Waals surface area contributed by atoms with E-state index in [2.05, 4.69) is 15.6 Å². The average molecular weight is 315 g/mol. The van der Waals surface area contributed by atoms with Crippen molar-refractivity contribution in [2.24, 2.45) is 5.92 Å². The van der Waals surface area contributed by atoms with Crippen molar-refractivity contribution in [2.45, 2.75) is 18.9 Å². The van der Waals surface area contributed by atoms with E-state index in [1.807, 2.05) is 24.3 Å². The summed E-state index contributed by atoms with van der Waals surface area (Å²) in [5.74, 6) is 1.02. The third kappa shape index (κ3) is 3.37. The number of rotatable bonds is 4. The van der Waals surface area contributed by atoms with Gasteiger partial charge in [0, 0.05) is 11.6 Å². The predicted molar refractivity (Wildman–Crippen MR) is 87.8 cm³/mol. The van der Waals surface area contributed by atoms with E-state index in [0.29, 0.717) is 0 Å². The number of methoxy groups -OCH3 is 1. The molecule has 2 heterocycles. The Morgan fingerprint density at radius 3 is 2.87 bits per heavy atom. The summed E-state index contributed by atoms with van der Waals surface area (Å²) in [5.41, 5.74) is 0.791. The molecule has 0 aliphatic carbocycles. The molecule has 0 saturated carbocycles. The van der Waals surface area contributed by atoms with Crippen LogP contribution in [-0.2, 0) is 0 Å². The van der Waals surface area contributed by atoms with Crippen LogP contribution in [-0.4, -0.2) is 36.4 Å². The number of benzene rings is 1. The summed E-state index contributed by atoms with van der Waals surface area (Å²) in [4.78, 5) is 15.8. The van der Waals surface area contributed by atoms with Crippen molar-refractivity contribution in [3.8, 4) is 5.75 Å². The number of hydrogen-bond donors (Lipinski definition) is 3. The molecular formula is C17H21N3O3. The number of aromatic nitrogens is 1. The summed E-state index contributed by atoms with van der Waals surface area (Å²) in [6.45, 7) is 1.81. The fraction of sp³-hybridized carbons (Fsp3) is 0.412. The van der Waals surface area contributed by atoms with Crippen LogP contribution in [0.25, 0.3) is 10.8 Å². The van der Waals surface area contributed by atoms with Gasteiger partial charge in [-0.2, -0.15) is 0 Å². The van der Waals surface area contributed by atoms with E-state index in [1.54, 1.807) is 13.3 Å². The number of carboxylic acid groups (broad SMARTS) is 1. The Bertz CT molecular complexity index is 699. The largest absolute Gasteiger partial charge is 0.497 e. The van der Waals surface area contributed by atoms with Crippen molar-refractivity contribution >= 4 is 16.9 Å². The quantitative estimate of drug-likeness (QED) is 0.807. The van der Waals surface area contributed by atoms with Gasteiger partial charge in [-0.25, -0.2) is 4.79 Å². The minimum Gasteiger partial charge on any atom is -0.497 e. The number of fused-ring (bicyclic) bond motifs is 1. The lowest BCUT2D eigenvalue weighted by molar-refractivity contribution is 0.179. The molecule has 1 aliphatic rings. The summed E-state index contributed by atoms with van der Waals surface area (Å²) in [5, 5.41) is 17.2. The second-order valence-corrected chi connectivity index (χ2v) is 5.80. The van der Waals surface area contributed by atoms with Crippen molar-refractivity contribution in [1.29, 1.82) is 0 Å². The zero-order valence-corrected chi connectivity index (χ0v) is 13.1. The number of hydrogen-bond acceptors (Lipinski definition) is 4. The molecule has 1 amide bonds. The molecule has 122 valence electrons. The summed E-state index contributed by atoms with van der Waals surface area (Å²) in [6.07, 6.45) is 2.58. The molecule has 6 heteroatoms. The van der Waals surface area contributed by atoms with Gasteiger partial charge in [0.2, 0.25) is 0 Å². The van der Waals surface area contributed by atoms with Crippen LogP contribution in [0, 0.1) is 5.92 Å². The summed E-state index contributed by atoms with van der Waals surface area (Å²) >= 11 is 0. The van der Waals surface area contributed by atoms with Crippen LogP contribution in [0.4, 0.5) is 4.79 Å². The van der Waals surface area contributed by atoms with Crippen LogP contribution in [0.3, 0.4) is 0 Å². The van der Waals surface area contributed by atoms with Gasteiger partial charge in [0.15, 0.2) is 0 Å². The lowest BCUT2D eigenvalue weighted by Crippen LogP contribution is -2.38. The van der Waals surface area contributed by atoms with E-state index >= 15 is 0 Å². The normalized spacial score (nSPS) is 16.9. The van der Waals surface area contributed by atoms with Gasteiger partial charge in [-0.3, -0.25) is 4.98 Å². The first-order valence-corrected chi connectivity index (χ1v) is 7.82. The van der Waals surface area contributed by atoms with E-state index < -0.39 is 6.09 Å². The Labute approximate surface area is 134 Å². The smallest absolute Gasteiger partial charge is 0.405 e. The summed E-state index contributed by atoms with van der Waals surface area (Å²) in [7, 11) is 1.63. The van der Waals surface area contributed by atoms with E-state index in [4.69, 9.17) is 4.74 Å². The number of nitrogens with zero attached hydrogens (tertiary/aromatic N) is 1. The highest BCUT2D eigenvalue weighted by molar-refractivity contribution is 5.86. The van der Waals surface area contributed by atoms with Crippen LogP contribution in [0.1, 0.15) is 24.6 Å². The molecule has 1 atom stereocenters. The zero-order chi connectivity index (χ0) is 16.2. The predicted octanol–water partition coefficient (Wildman–Crippen LogP) is 2.55.